The fourth-order valence-corrected chi connectivity index (χ4v) is 2.03. The van der Waals surface area contributed by atoms with E-state index < -0.39 is 0 Å². The molecule has 0 radical (unpaired) electrons. The Hall–Kier alpha value is -2.25. The fourth-order valence-electron chi connectivity index (χ4n) is 1.66. The maximum Gasteiger partial charge on any atom is 0.175 e. The number of fused-ring (bicyclic) bond motifs is 1. The first-order valence-corrected chi connectivity index (χ1v) is 7.38. The van der Waals surface area contributed by atoms with E-state index in [1.165, 1.54) is 19.3 Å². The van der Waals surface area contributed by atoms with E-state index in [1.807, 2.05) is 17.5 Å². The van der Waals surface area contributed by atoms with E-state index in [1.54, 1.807) is 12.4 Å². The summed E-state index contributed by atoms with van der Waals surface area (Å²) in [5, 5.41) is 3.48. The summed E-state index contributed by atoms with van der Waals surface area (Å²) in [5.74, 6) is 0.464. The summed E-state index contributed by atoms with van der Waals surface area (Å²) in [6.07, 6.45) is 8.26. The lowest BCUT2D eigenvalue weighted by molar-refractivity contribution is -0.115. The van der Waals surface area contributed by atoms with Gasteiger partial charge in [0.15, 0.2) is 21.8 Å². The highest BCUT2D eigenvalue weighted by Gasteiger charge is 2.02. The molecule has 0 aromatic carbocycles. The zero-order valence-corrected chi connectivity index (χ0v) is 14.0. The van der Waals surface area contributed by atoms with Gasteiger partial charge in [-0.1, -0.05) is 23.2 Å². The maximum absolute atomic E-state index is 10.6. The van der Waals surface area contributed by atoms with Crippen LogP contribution in [-0.2, 0) is 4.79 Å². The van der Waals surface area contributed by atoms with Gasteiger partial charge in [-0.25, -0.2) is 19.9 Å². The number of rotatable bonds is 3. The van der Waals surface area contributed by atoms with Crippen molar-refractivity contribution in [3.05, 3.63) is 47.0 Å². The van der Waals surface area contributed by atoms with E-state index >= 15 is 0 Å². The number of hydrogen-bond donors (Lipinski definition) is 1. The maximum atomic E-state index is 10.6. The van der Waals surface area contributed by atoms with Crippen LogP contribution in [0.3, 0.4) is 0 Å². The summed E-state index contributed by atoms with van der Waals surface area (Å²) in [7, 11) is 0. The summed E-state index contributed by atoms with van der Waals surface area (Å²) in [6, 6.07) is 0. The molecule has 3 rings (SSSR count). The Labute approximate surface area is 142 Å². The van der Waals surface area contributed by atoms with Crippen LogP contribution in [0.4, 0.5) is 5.82 Å². The van der Waals surface area contributed by atoms with Gasteiger partial charge in [0, 0.05) is 36.7 Å². The predicted molar refractivity (Wildman–Crippen MR) is 88.9 cm³/mol. The van der Waals surface area contributed by atoms with Crippen LogP contribution in [0.15, 0.2) is 31.0 Å². The van der Waals surface area contributed by atoms with Crippen molar-refractivity contribution in [1.29, 1.82) is 0 Å². The topological polar surface area (TPSA) is 85.1 Å². The number of imidazole rings is 1. The van der Waals surface area contributed by atoms with Crippen molar-refractivity contribution < 1.29 is 4.79 Å². The second kappa shape index (κ2) is 7.85. The van der Waals surface area contributed by atoms with E-state index in [9.17, 15) is 4.79 Å². The third kappa shape index (κ3) is 4.61. The number of ketones is 1. The third-order valence-electron chi connectivity index (χ3n) is 2.73. The lowest BCUT2D eigenvalue weighted by atomic mass is 10.4. The van der Waals surface area contributed by atoms with Crippen molar-refractivity contribution in [3.8, 4) is 0 Å². The number of Topliss-reactive ketones (excluding diaryl/α,β-unsaturated/α-hetero) is 1. The molecule has 0 bridgehead atoms. The molecule has 0 saturated carbocycles. The number of hydrogen-bond acceptors (Lipinski definition) is 6. The van der Waals surface area contributed by atoms with E-state index in [4.69, 9.17) is 23.2 Å². The number of carbonyl (C=O) groups is 1. The minimum absolute atomic E-state index is 0.0247. The molecular weight excluding hydrogens is 339 g/mol. The number of carbonyl (C=O) groups excluding carboxylic acids is 1. The highest BCUT2D eigenvalue weighted by atomic mass is 35.5. The van der Waals surface area contributed by atoms with Crippen LogP contribution < -0.4 is 5.32 Å². The normalized spacial score (nSPS) is 10.1. The molecule has 7 nitrogen and oxygen atoms in total. The summed E-state index contributed by atoms with van der Waals surface area (Å²) < 4.78 is 1.90. The Kier molecular flexibility index (Phi) is 5.84. The van der Waals surface area contributed by atoms with Crippen LogP contribution in [-0.4, -0.2) is 36.7 Å². The zero-order chi connectivity index (χ0) is 16.8. The fraction of sp³-hybridized carbons (Fsp3) is 0.214. The molecule has 0 aliphatic rings. The quantitative estimate of drug-likeness (QED) is 0.779. The van der Waals surface area contributed by atoms with Crippen molar-refractivity contribution in [1.82, 2.24) is 24.3 Å². The van der Waals surface area contributed by atoms with Crippen molar-refractivity contribution in [2.45, 2.75) is 13.8 Å². The number of nitrogens with zero attached hydrogens (tertiary/aromatic N) is 5. The molecule has 120 valence electrons. The molecule has 0 aliphatic heterocycles. The lowest BCUT2D eigenvalue weighted by Gasteiger charge is -2.02. The van der Waals surface area contributed by atoms with Crippen LogP contribution in [0, 0.1) is 6.92 Å². The summed E-state index contributed by atoms with van der Waals surface area (Å²) in [4.78, 5) is 26.2. The first-order valence-electron chi connectivity index (χ1n) is 6.63. The molecule has 1 N–H and O–H groups in total. The molecule has 0 spiro atoms. The van der Waals surface area contributed by atoms with Gasteiger partial charge in [0.1, 0.15) is 5.78 Å². The zero-order valence-electron chi connectivity index (χ0n) is 12.5. The van der Waals surface area contributed by atoms with E-state index in [0.717, 1.165) is 5.69 Å². The third-order valence-corrected chi connectivity index (χ3v) is 3.27. The minimum atomic E-state index is 0.0247. The molecule has 9 heteroatoms. The largest absolute Gasteiger partial charge is 0.360 e. The number of nitrogens with one attached hydrogen (secondary N) is 1. The molecular formula is C14H14Cl2N6O. The molecule has 3 aromatic heterocycles. The van der Waals surface area contributed by atoms with E-state index in [0.29, 0.717) is 16.6 Å². The Morgan fingerprint density at radius 2 is 1.83 bits per heavy atom. The molecule has 0 saturated heterocycles. The highest BCUT2D eigenvalue weighted by molar-refractivity contribution is 6.32. The predicted octanol–water partition coefficient (Wildman–Crippen LogP) is 2.82. The van der Waals surface area contributed by atoms with Crippen molar-refractivity contribution >= 4 is 40.5 Å². The van der Waals surface area contributed by atoms with Gasteiger partial charge in [-0.3, -0.25) is 4.79 Å². The lowest BCUT2D eigenvalue weighted by Crippen LogP contribution is -2.11. The first-order chi connectivity index (χ1) is 11.0. The standard InChI is InChI=1S/C7H8ClN3O.C7H6ClN3/c1-5(12)4-11-7-6(8)9-2-3-10-7;1-5-4-10-7-6(8)9-2-3-11(5)7/h2-3H,4H2,1H3,(H,10,11);2-4H,1H3. The second-order valence-electron chi connectivity index (χ2n) is 4.56. The SMILES string of the molecule is CC(=O)CNc1nccnc1Cl.Cc1cnc2c(Cl)nccn12. The van der Waals surface area contributed by atoms with Crippen molar-refractivity contribution in [2.75, 3.05) is 11.9 Å². The van der Waals surface area contributed by atoms with Gasteiger partial charge in [-0.05, 0) is 13.8 Å². The van der Waals surface area contributed by atoms with Crippen LogP contribution in [0.5, 0.6) is 0 Å². The van der Waals surface area contributed by atoms with Gasteiger partial charge >= 0.3 is 0 Å². The Bertz CT molecular complexity index is 820. The van der Waals surface area contributed by atoms with Gasteiger partial charge in [-0.2, -0.15) is 0 Å². The van der Waals surface area contributed by atoms with Gasteiger partial charge in [0.2, 0.25) is 0 Å². The summed E-state index contributed by atoms with van der Waals surface area (Å²) in [6.45, 7) is 3.67. The summed E-state index contributed by atoms with van der Waals surface area (Å²) in [5.41, 5.74) is 1.77. The van der Waals surface area contributed by atoms with Gasteiger partial charge in [0.05, 0.1) is 6.54 Å². The van der Waals surface area contributed by atoms with E-state index in [2.05, 4.69) is 25.3 Å². The van der Waals surface area contributed by atoms with E-state index in [-0.39, 0.29) is 17.5 Å². The molecule has 0 atom stereocenters. The average molecular weight is 353 g/mol. The molecule has 23 heavy (non-hydrogen) atoms. The molecule has 0 fully saturated rings. The van der Waals surface area contributed by atoms with Crippen LogP contribution in [0.2, 0.25) is 10.3 Å². The van der Waals surface area contributed by atoms with Crippen LogP contribution in [0.25, 0.3) is 5.65 Å². The number of aryl methyl sites for hydroxylation is 1. The number of halogens is 2. The average Bonchev–Trinajstić information content (AvgIpc) is 2.90. The Morgan fingerprint density at radius 1 is 1.13 bits per heavy atom. The Balaban J connectivity index is 0.000000167. The molecule has 3 heterocycles. The number of aromatic nitrogens is 5. The van der Waals surface area contributed by atoms with Crippen molar-refractivity contribution in [3.63, 3.8) is 0 Å². The van der Waals surface area contributed by atoms with Gasteiger partial charge in [-0.15, -0.1) is 0 Å². The molecule has 0 aliphatic carbocycles. The monoisotopic (exact) mass is 352 g/mol. The minimum Gasteiger partial charge on any atom is -0.360 e. The molecule has 3 aromatic rings. The molecule has 0 amide bonds. The van der Waals surface area contributed by atoms with Crippen LogP contribution in [0.1, 0.15) is 12.6 Å². The summed E-state index contributed by atoms with van der Waals surface area (Å²) >= 11 is 11.4. The second-order valence-corrected chi connectivity index (χ2v) is 5.28. The molecule has 0 unspecified atom stereocenters. The smallest absolute Gasteiger partial charge is 0.175 e. The first kappa shape index (κ1) is 17.1. The highest BCUT2D eigenvalue weighted by Crippen LogP contribution is 2.13. The van der Waals surface area contributed by atoms with Crippen molar-refractivity contribution in [2.24, 2.45) is 0 Å². The van der Waals surface area contributed by atoms with Gasteiger partial charge < -0.3 is 9.72 Å². The Morgan fingerprint density at radius 3 is 2.48 bits per heavy atom. The number of anilines is 1. The van der Waals surface area contributed by atoms with Crippen LogP contribution >= 0.6 is 23.2 Å². The van der Waals surface area contributed by atoms with Gasteiger partial charge in [0.25, 0.3) is 0 Å².